The molecule has 2 unspecified atom stereocenters. The van der Waals surface area contributed by atoms with Gasteiger partial charge in [-0.3, -0.25) is 4.79 Å². The molecule has 1 aliphatic heterocycles. The average molecular weight is 283 g/mol. The molecule has 1 heterocycles. The molecule has 0 aromatic rings. The molecule has 0 aromatic carbocycles. The summed E-state index contributed by atoms with van der Waals surface area (Å²) in [5, 5.41) is 3.19. The van der Waals surface area contributed by atoms with Gasteiger partial charge in [-0.1, -0.05) is 0 Å². The Balaban J connectivity index is 1.91. The quantitative estimate of drug-likeness (QED) is 0.780. The first-order chi connectivity index (χ1) is 9.61. The molecule has 2 fully saturated rings. The summed E-state index contributed by atoms with van der Waals surface area (Å²) in [6.07, 6.45) is 6.39. The summed E-state index contributed by atoms with van der Waals surface area (Å²) in [6, 6.07) is 0.493. The number of primary amides is 1. The lowest BCUT2D eigenvalue weighted by Crippen LogP contribution is -2.60. The monoisotopic (exact) mass is 283 g/mol. The van der Waals surface area contributed by atoms with E-state index in [1.165, 1.54) is 19.3 Å². The van der Waals surface area contributed by atoms with Crippen molar-refractivity contribution < 1.29 is 9.53 Å². The number of piperidine rings is 1. The summed E-state index contributed by atoms with van der Waals surface area (Å²) in [5.41, 5.74) is 5.14. The molecule has 1 saturated heterocycles. The minimum absolute atomic E-state index is 0.195. The van der Waals surface area contributed by atoms with Crippen LogP contribution in [-0.2, 0) is 9.53 Å². The summed E-state index contributed by atoms with van der Waals surface area (Å²) in [5.74, 6) is 0.504. The second kappa shape index (κ2) is 6.87. The predicted molar refractivity (Wildman–Crippen MR) is 79.4 cm³/mol. The lowest BCUT2D eigenvalue weighted by atomic mass is 9.77. The number of ether oxygens (including phenoxy) is 1. The third kappa shape index (κ3) is 3.32. The minimum atomic E-state index is -0.494. The molecule has 2 atom stereocenters. The van der Waals surface area contributed by atoms with E-state index in [1.807, 2.05) is 7.05 Å². The van der Waals surface area contributed by atoms with Gasteiger partial charge in [0.15, 0.2) is 0 Å². The molecular formula is C15H29N3O2. The molecule has 20 heavy (non-hydrogen) atoms. The van der Waals surface area contributed by atoms with E-state index in [9.17, 15) is 4.79 Å². The first kappa shape index (κ1) is 15.7. The molecule has 2 rings (SSSR count). The van der Waals surface area contributed by atoms with Crippen molar-refractivity contribution in [3.05, 3.63) is 0 Å². The Bertz CT molecular complexity index is 329. The van der Waals surface area contributed by atoms with E-state index in [2.05, 4.69) is 10.2 Å². The maximum absolute atomic E-state index is 11.8. The molecule has 0 spiro atoms. The van der Waals surface area contributed by atoms with E-state index in [4.69, 9.17) is 10.5 Å². The smallest absolute Gasteiger partial charge is 0.237 e. The molecule has 116 valence electrons. The molecule has 0 radical (unpaired) electrons. The van der Waals surface area contributed by atoms with Gasteiger partial charge in [-0.05, 0) is 64.6 Å². The molecular weight excluding hydrogens is 254 g/mol. The van der Waals surface area contributed by atoms with Gasteiger partial charge in [0.2, 0.25) is 5.91 Å². The molecule has 2 aliphatic rings. The Morgan fingerprint density at radius 2 is 2.10 bits per heavy atom. The number of likely N-dealkylation sites (N-methyl/N-ethyl adjacent to an activating group) is 1. The molecule has 3 N–H and O–H groups in total. The van der Waals surface area contributed by atoms with Crippen LogP contribution < -0.4 is 11.1 Å². The van der Waals surface area contributed by atoms with Crippen LogP contribution in [0.4, 0.5) is 0 Å². The van der Waals surface area contributed by atoms with Crippen molar-refractivity contribution in [2.24, 2.45) is 11.7 Å². The van der Waals surface area contributed by atoms with Crippen molar-refractivity contribution in [2.45, 2.75) is 50.1 Å². The third-order valence-electron chi connectivity index (χ3n) is 5.24. The van der Waals surface area contributed by atoms with Crippen LogP contribution in [0, 0.1) is 5.92 Å². The second-order valence-corrected chi connectivity index (χ2v) is 6.38. The average Bonchev–Trinajstić information content (AvgIpc) is 2.48. The van der Waals surface area contributed by atoms with Crippen LogP contribution in [0.25, 0.3) is 0 Å². The predicted octanol–water partition coefficient (Wildman–Crippen LogP) is 0.731. The summed E-state index contributed by atoms with van der Waals surface area (Å²) in [7, 11) is 3.64. The van der Waals surface area contributed by atoms with Gasteiger partial charge in [0, 0.05) is 19.8 Å². The van der Waals surface area contributed by atoms with E-state index < -0.39 is 5.54 Å². The number of likely N-dealkylation sites (tertiary alicyclic amines) is 1. The van der Waals surface area contributed by atoms with Gasteiger partial charge in [0.25, 0.3) is 0 Å². The number of carbonyl (C=O) groups excluding carboxylic acids is 1. The number of nitrogens with one attached hydrogen (secondary N) is 1. The topological polar surface area (TPSA) is 67.6 Å². The number of nitrogens with zero attached hydrogens (tertiary/aromatic N) is 1. The Hall–Kier alpha value is -0.650. The standard InChI is InChI=1S/C15H29N3O2/c1-17-15(14(16)19)7-3-4-13(10-15)18-8-5-12(6-9-18)11-20-2/h12-13,17H,3-11H2,1-2H3,(H2,16,19). The van der Waals surface area contributed by atoms with Crippen molar-refractivity contribution in [2.75, 3.05) is 33.9 Å². The fraction of sp³-hybridized carbons (Fsp3) is 0.933. The van der Waals surface area contributed by atoms with Crippen LogP contribution in [0.15, 0.2) is 0 Å². The number of rotatable bonds is 5. The fourth-order valence-corrected chi connectivity index (χ4v) is 3.85. The highest BCUT2D eigenvalue weighted by atomic mass is 16.5. The van der Waals surface area contributed by atoms with Crippen LogP contribution in [0.3, 0.4) is 0 Å². The second-order valence-electron chi connectivity index (χ2n) is 6.38. The zero-order valence-electron chi connectivity index (χ0n) is 12.9. The van der Waals surface area contributed by atoms with E-state index in [-0.39, 0.29) is 5.91 Å². The number of amides is 1. The van der Waals surface area contributed by atoms with Crippen molar-refractivity contribution in [3.8, 4) is 0 Å². The summed E-state index contributed by atoms with van der Waals surface area (Å²) < 4.78 is 5.25. The van der Waals surface area contributed by atoms with Crippen LogP contribution in [0.5, 0.6) is 0 Å². The Morgan fingerprint density at radius 3 is 2.65 bits per heavy atom. The van der Waals surface area contributed by atoms with E-state index in [1.54, 1.807) is 7.11 Å². The first-order valence-corrected chi connectivity index (χ1v) is 7.83. The fourth-order valence-electron chi connectivity index (χ4n) is 3.85. The lowest BCUT2D eigenvalue weighted by Gasteiger charge is -2.45. The highest BCUT2D eigenvalue weighted by Crippen LogP contribution is 2.33. The Morgan fingerprint density at radius 1 is 1.40 bits per heavy atom. The molecule has 1 amide bonds. The summed E-state index contributed by atoms with van der Waals surface area (Å²) >= 11 is 0. The van der Waals surface area contributed by atoms with Crippen molar-refractivity contribution in [1.82, 2.24) is 10.2 Å². The molecule has 1 saturated carbocycles. The third-order valence-corrected chi connectivity index (χ3v) is 5.24. The zero-order valence-corrected chi connectivity index (χ0v) is 12.9. The maximum atomic E-state index is 11.8. The van der Waals surface area contributed by atoms with Crippen LogP contribution in [-0.4, -0.2) is 56.2 Å². The lowest BCUT2D eigenvalue weighted by molar-refractivity contribution is -0.126. The van der Waals surface area contributed by atoms with Gasteiger partial charge in [-0.2, -0.15) is 0 Å². The number of nitrogens with two attached hydrogens (primary N) is 1. The van der Waals surface area contributed by atoms with E-state index in [0.29, 0.717) is 12.0 Å². The Labute approximate surface area is 122 Å². The number of methoxy groups -OCH3 is 1. The van der Waals surface area contributed by atoms with Crippen LogP contribution in [0.1, 0.15) is 38.5 Å². The first-order valence-electron chi connectivity index (χ1n) is 7.83. The Kier molecular flexibility index (Phi) is 5.41. The van der Waals surface area contributed by atoms with Crippen molar-refractivity contribution >= 4 is 5.91 Å². The van der Waals surface area contributed by atoms with Gasteiger partial charge >= 0.3 is 0 Å². The molecule has 5 nitrogen and oxygen atoms in total. The molecule has 0 aromatic heterocycles. The largest absolute Gasteiger partial charge is 0.384 e. The number of hydrogen-bond acceptors (Lipinski definition) is 4. The number of carbonyl (C=O) groups is 1. The highest BCUT2D eigenvalue weighted by molar-refractivity contribution is 5.84. The molecule has 0 bridgehead atoms. The van der Waals surface area contributed by atoms with Crippen molar-refractivity contribution in [3.63, 3.8) is 0 Å². The summed E-state index contributed by atoms with van der Waals surface area (Å²) in [6.45, 7) is 3.12. The summed E-state index contributed by atoms with van der Waals surface area (Å²) in [4.78, 5) is 14.4. The number of hydrogen-bond donors (Lipinski definition) is 2. The molecule has 1 aliphatic carbocycles. The van der Waals surface area contributed by atoms with Gasteiger partial charge < -0.3 is 20.7 Å². The normalized spacial score (nSPS) is 33.2. The molecule has 5 heteroatoms. The van der Waals surface area contributed by atoms with Crippen molar-refractivity contribution in [1.29, 1.82) is 0 Å². The van der Waals surface area contributed by atoms with E-state index in [0.717, 1.165) is 39.0 Å². The minimum Gasteiger partial charge on any atom is -0.384 e. The van der Waals surface area contributed by atoms with Gasteiger partial charge in [0.05, 0.1) is 5.54 Å². The SMILES string of the molecule is CNC1(C(N)=O)CCCC(N2CCC(COC)CC2)C1. The highest BCUT2D eigenvalue weighted by Gasteiger charge is 2.42. The zero-order chi connectivity index (χ0) is 14.6. The van der Waals surface area contributed by atoms with Gasteiger partial charge in [-0.15, -0.1) is 0 Å². The van der Waals surface area contributed by atoms with E-state index >= 15 is 0 Å². The maximum Gasteiger partial charge on any atom is 0.237 e. The van der Waals surface area contributed by atoms with Gasteiger partial charge in [-0.25, -0.2) is 0 Å². The van der Waals surface area contributed by atoms with Gasteiger partial charge in [0.1, 0.15) is 0 Å². The van der Waals surface area contributed by atoms with Crippen LogP contribution >= 0.6 is 0 Å². The van der Waals surface area contributed by atoms with Crippen LogP contribution in [0.2, 0.25) is 0 Å².